The third-order valence-corrected chi connectivity index (χ3v) is 5.45. The molecule has 1 amide bonds. The molecular weight excluding hydrogens is 370 g/mol. The molecule has 0 atom stereocenters. The summed E-state index contributed by atoms with van der Waals surface area (Å²) in [6.45, 7) is 2.86. The highest BCUT2D eigenvalue weighted by molar-refractivity contribution is 7.22. The molecule has 0 fully saturated rings. The van der Waals surface area contributed by atoms with E-state index >= 15 is 0 Å². The van der Waals surface area contributed by atoms with Crippen LogP contribution in [0.1, 0.15) is 11.3 Å². The third-order valence-electron chi connectivity index (χ3n) is 4.43. The molecule has 2 aromatic heterocycles. The maximum Gasteiger partial charge on any atom is 0.247 e. The molecule has 0 unspecified atom stereocenters. The number of benzene rings is 2. The Labute approximate surface area is 167 Å². The Morgan fingerprint density at radius 1 is 1.07 bits per heavy atom. The van der Waals surface area contributed by atoms with Gasteiger partial charge in [0.15, 0.2) is 5.13 Å². The molecule has 4 rings (SSSR count). The first kappa shape index (κ1) is 18.4. The van der Waals surface area contributed by atoms with E-state index < -0.39 is 0 Å². The van der Waals surface area contributed by atoms with Gasteiger partial charge in [-0.05, 0) is 50.4 Å². The van der Waals surface area contributed by atoms with Gasteiger partial charge in [0.1, 0.15) is 5.76 Å². The van der Waals surface area contributed by atoms with Gasteiger partial charge in [0.2, 0.25) is 5.91 Å². The number of hydrogen-bond acceptors (Lipinski definition) is 5. The highest BCUT2D eigenvalue weighted by Crippen LogP contribution is 2.33. The maximum absolute atomic E-state index is 13.3. The zero-order valence-electron chi connectivity index (χ0n) is 15.8. The average molecular weight is 391 g/mol. The SMILES string of the molecule is Cc1ccc(N(C(=O)CN(C)Cc2ccco2)c2nc3ccccc3s2)cc1. The second kappa shape index (κ2) is 7.96. The lowest BCUT2D eigenvalue weighted by molar-refractivity contribution is -0.118. The standard InChI is InChI=1S/C22H21N3O2S/c1-16-9-11-17(12-10-16)25(22-23-19-7-3-4-8-20(19)28-22)21(26)15-24(2)14-18-6-5-13-27-18/h3-13H,14-15H2,1-2H3. The van der Waals surface area contributed by atoms with Crippen LogP contribution in [0.25, 0.3) is 10.2 Å². The summed E-state index contributed by atoms with van der Waals surface area (Å²) in [7, 11) is 1.91. The Hall–Kier alpha value is -2.96. The number of nitrogens with zero attached hydrogens (tertiary/aromatic N) is 3. The Morgan fingerprint density at radius 2 is 1.86 bits per heavy atom. The normalized spacial score (nSPS) is 11.2. The first-order valence-corrected chi connectivity index (χ1v) is 9.88. The van der Waals surface area contributed by atoms with Crippen molar-refractivity contribution in [3.63, 3.8) is 0 Å². The minimum Gasteiger partial charge on any atom is -0.468 e. The molecule has 0 bridgehead atoms. The molecule has 0 aliphatic carbocycles. The predicted octanol–water partition coefficient (Wildman–Crippen LogP) is 4.99. The van der Waals surface area contributed by atoms with E-state index in [-0.39, 0.29) is 12.5 Å². The lowest BCUT2D eigenvalue weighted by atomic mass is 10.2. The highest BCUT2D eigenvalue weighted by Gasteiger charge is 2.23. The monoisotopic (exact) mass is 391 g/mol. The van der Waals surface area contributed by atoms with Crippen LogP contribution >= 0.6 is 11.3 Å². The van der Waals surface area contributed by atoms with Crippen LogP contribution in [0.4, 0.5) is 10.8 Å². The van der Waals surface area contributed by atoms with E-state index in [1.165, 1.54) is 11.3 Å². The van der Waals surface area contributed by atoms with Crippen LogP contribution in [0.5, 0.6) is 0 Å². The van der Waals surface area contributed by atoms with Gasteiger partial charge in [0, 0.05) is 0 Å². The van der Waals surface area contributed by atoms with Gasteiger partial charge in [-0.1, -0.05) is 41.2 Å². The van der Waals surface area contributed by atoms with Crippen LogP contribution in [0, 0.1) is 6.92 Å². The van der Waals surface area contributed by atoms with Gasteiger partial charge in [-0.3, -0.25) is 14.6 Å². The smallest absolute Gasteiger partial charge is 0.247 e. The van der Waals surface area contributed by atoms with Gasteiger partial charge in [-0.15, -0.1) is 0 Å². The Bertz CT molecular complexity index is 1040. The van der Waals surface area contributed by atoms with E-state index in [0.29, 0.717) is 11.7 Å². The number of para-hydroxylation sites is 1. The van der Waals surface area contributed by atoms with E-state index in [4.69, 9.17) is 9.40 Å². The molecule has 142 valence electrons. The van der Waals surface area contributed by atoms with E-state index in [9.17, 15) is 4.79 Å². The van der Waals surface area contributed by atoms with Crippen molar-refractivity contribution in [3.8, 4) is 0 Å². The number of hydrogen-bond donors (Lipinski definition) is 0. The van der Waals surface area contributed by atoms with E-state index in [1.54, 1.807) is 11.2 Å². The van der Waals surface area contributed by atoms with Gasteiger partial charge in [0.05, 0.1) is 35.3 Å². The third kappa shape index (κ3) is 3.98. The summed E-state index contributed by atoms with van der Waals surface area (Å²) >= 11 is 1.52. The molecule has 0 aliphatic heterocycles. The summed E-state index contributed by atoms with van der Waals surface area (Å²) in [6, 6.07) is 19.6. The van der Waals surface area contributed by atoms with Crippen LogP contribution in [0.3, 0.4) is 0 Å². The summed E-state index contributed by atoms with van der Waals surface area (Å²) < 4.78 is 6.45. The fourth-order valence-electron chi connectivity index (χ4n) is 3.04. The Balaban J connectivity index is 1.64. The second-order valence-corrected chi connectivity index (χ2v) is 7.79. The minimum absolute atomic E-state index is 0.0306. The molecule has 0 saturated heterocycles. The van der Waals surface area contributed by atoms with Crippen LogP contribution in [-0.2, 0) is 11.3 Å². The van der Waals surface area contributed by atoms with Crippen molar-refractivity contribution >= 4 is 38.3 Å². The number of thiazole rings is 1. The number of aromatic nitrogens is 1. The van der Waals surface area contributed by atoms with Crippen LogP contribution in [0.15, 0.2) is 71.3 Å². The van der Waals surface area contributed by atoms with E-state index in [0.717, 1.165) is 27.2 Å². The molecule has 0 aliphatic rings. The number of rotatable bonds is 6. The number of likely N-dealkylation sites (N-methyl/N-ethyl adjacent to an activating group) is 1. The van der Waals surface area contributed by atoms with Crippen LogP contribution in [-0.4, -0.2) is 29.4 Å². The minimum atomic E-state index is -0.0306. The fraction of sp³-hybridized carbons (Fsp3) is 0.182. The molecular formula is C22H21N3O2S. The molecule has 6 heteroatoms. The molecule has 0 saturated carbocycles. The lowest BCUT2D eigenvalue weighted by Gasteiger charge is -2.23. The number of fused-ring (bicyclic) bond motifs is 1. The lowest BCUT2D eigenvalue weighted by Crippen LogP contribution is -2.36. The summed E-state index contributed by atoms with van der Waals surface area (Å²) in [5.41, 5.74) is 2.87. The summed E-state index contributed by atoms with van der Waals surface area (Å²) in [4.78, 5) is 21.6. The Kier molecular flexibility index (Phi) is 5.23. The van der Waals surface area contributed by atoms with Crippen molar-refractivity contribution in [2.24, 2.45) is 0 Å². The molecule has 0 N–H and O–H groups in total. The molecule has 2 heterocycles. The average Bonchev–Trinajstić information content (AvgIpc) is 3.32. The summed E-state index contributed by atoms with van der Waals surface area (Å²) in [6.07, 6.45) is 1.64. The van der Waals surface area contributed by atoms with Crippen molar-refractivity contribution in [1.29, 1.82) is 0 Å². The fourth-order valence-corrected chi connectivity index (χ4v) is 4.04. The summed E-state index contributed by atoms with van der Waals surface area (Å²) in [5.74, 6) is 0.800. The molecule has 0 radical (unpaired) electrons. The molecule has 4 aromatic rings. The number of anilines is 2. The van der Waals surface area contributed by atoms with Crippen molar-refractivity contribution < 1.29 is 9.21 Å². The number of aryl methyl sites for hydroxylation is 1. The van der Waals surface area contributed by atoms with Gasteiger partial charge >= 0.3 is 0 Å². The van der Waals surface area contributed by atoms with Crippen LogP contribution < -0.4 is 4.90 Å². The Morgan fingerprint density at radius 3 is 2.57 bits per heavy atom. The van der Waals surface area contributed by atoms with Crippen molar-refractivity contribution in [2.75, 3.05) is 18.5 Å². The van der Waals surface area contributed by atoms with Gasteiger partial charge in [0.25, 0.3) is 0 Å². The van der Waals surface area contributed by atoms with Crippen molar-refractivity contribution in [1.82, 2.24) is 9.88 Å². The van der Waals surface area contributed by atoms with Gasteiger partial charge < -0.3 is 4.42 Å². The maximum atomic E-state index is 13.3. The first-order chi connectivity index (χ1) is 13.6. The topological polar surface area (TPSA) is 49.6 Å². The number of furan rings is 1. The quantitative estimate of drug-likeness (QED) is 0.464. The van der Waals surface area contributed by atoms with Gasteiger partial charge in [-0.25, -0.2) is 4.98 Å². The van der Waals surface area contributed by atoms with Crippen molar-refractivity contribution in [2.45, 2.75) is 13.5 Å². The van der Waals surface area contributed by atoms with Gasteiger partial charge in [-0.2, -0.15) is 0 Å². The molecule has 2 aromatic carbocycles. The molecule has 28 heavy (non-hydrogen) atoms. The highest BCUT2D eigenvalue weighted by atomic mass is 32.1. The first-order valence-electron chi connectivity index (χ1n) is 9.06. The number of carbonyl (C=O) groups excluding carboxylic acids is 1. The molecule has 5 nitrogen and oxygen atoms in total. The van der Waals surface area contributed by atoms with Crippen LogP contribution in [0.2, 0.25) is 0 Å². The second-order valence-electron chi connectivity index (χ2n) is 6.78. The zero-order valence-corrected chi connectivity index (χ0v) is 16.6. The molecule has 0 spiro atoms. The zero-order chi connectivity index (χ0) is 19.5. The van der Waals surface area contributed by atoms with E-state index in [2.05, 4.69) is 0 Å². The summed E-state index contributed by atoms with van der Waals surface area (Å²) in [5, 5.41) is 0.682. The largest absolute Gasteiger partial charge is 0.468 e. The van der Waals surface area contributed by atoms with Crippen molar-refractivity contribution in [3.05, 3.63) is 78.3 Å². The number of amides is 1. The van der Waals surface area contributed by atoms with E-state index in [1.807, 2.05) is 79.5 Å². The predicted molar refractivity (Wildman–Crippen MR) is 113 cm³/mol. The number of carbonyl (C=O) groups is 1.